The number of halogens is 1. The molecule has 106 valence electrons. The van der Waals surface area contributed by atoms with Crippen molar-refractivity contribution in [2.75, 3.05) is 0 Å². The number of hydrogen-bond acceptors (Lipinski definition) is 2. The summed E-state index contributed by atoms with van der Waals surface area (Å²) in [6.45, 7) is 4.79. The number of rotatable bonds is 4. The van der Waals surface area contributed by atoms with Crippen molar-refractivity contribution in [3.8, 4) is 11.1 Å². The predicted molar refractivity (Wildman–Crippen MR) is 77.9 cm³/mol. The number of benzene rings is 1. The Labute approximate surface area is 118 Å². The highest BCUT2D eigenvalue weighted by molar-refractivity contribution is 5.71. The van der Waals surface area contributed by atoms with Crippen LogP contribution in [0.1, 0.15) is 29.8 Å². The zero-order valence-electron chi connectivity index (χ0n) is 12.2. The molecule has 1 fully saturated rings. The SMILES string of the molecule is Cc1nn(C)c(C)c1-c1cc(F)ccc1CNC1CC1. The number of aromatic nitrogens is 2. The standard InChI is InChI=1S/C16H20FN3/c1-10-16(11(2)20(3)19-10)15-8-13(17)5-4-12(15)9-18-14-6-7-14/h4-5,8,14,18H,6-7,9H2,1-3H3. The maximum absolute atomic E-state index is 13.7. The Morgan fingerprint density at radius 3 is 2.70 bits per heavy atom. The lowest BCUT2D eigenvalue weighted by Crippen LogP contribution is -2.16. The topological polar surface area (TPSA) is 29.9 Å². The van der Waals surface area contributed by atoms with Crippen molar-refractivity contribution < 1.29 is 4.39 Å². The summed E-state index contributed by atoms with van der Waals surface area (Å²) in [4.78, 5) is 0. The summed E-state index contributed by atoms with van der Waals surface area (Å²) >= 11 is 0. The van der Waals surface area contributed by atoms with Crippen molar-refractivity contribution in [3.05, 3.63) is 41.0 Å². The zero-order valence-corrected chi connectivity index (χ0v) is 12.2. The third kappa shape index (κ3) is 2.48. The molecule has 1 saturated carbocycles. The maximum Gasteiger partial charge on any atom is 0.123 e. The Kier molecular flexibility index (Phi) is 3.34. The number of nitrogens with zero attached hydrogens (tertiary/aromatic N) is 2. The molecule has 4 heteroatoms. The molecular formula is C16H20FN3. The molecule has 1 N–H and O–H groups in total. The monoisotopic (exact) mass is 273 g/mol. The highest BCUT2D eigenvalue weighted by atomic mass is 19.1. The summed E-state index contributed by atoms with van der Waals surface area (Å²) in [7, 11) is 1.92. The Balaban J connectivity index is 2.03. The van der Waals surface area contributed by atoms with E-state index in [4.69, 9.17) is 0 Å². The largest absolute Gasteiger partial charge is 0.310 e. The van der Waals surface area contributed by atoms with Gasteiger partial charge in [0, 0.05) is 30.9 Å². The first-order chi connectivity index (χ1) is 9.56. The third-order valence-corrected chi connectivity index (χ3v) is 4.01. The van der Waals surface area contributed by atoms with Crippen LogP contribution >= 0.6 is 0 Å². The van der Waals surface area contributed by atoms with Crippen LogP contribution in [0.4, 0.5) is 4.39 Å². The molecule has 1 aromatic heterocycles. The van der Waals surface area contributed by atoms with Gasteiger partial charge >= 0.3 is 0 Å². The summed E-state index contributed by atoms with van der Waals surface area (Å²) in [5.74, 6) is -0.196. The fourth-order valence-electron chi connectivity index (χ4n) is 2.64. The van der Waals surface area contributed by atoms with E-state index in [1.807, 2.05) is 31.6 Å². The molecule has 20 heavy (non-hydrogen) atoms. The van der Waals surface area contributed by atoms with Gasteiger partial charge in [0.1, 0.15) is 5.82 Å². The van der Waals surface area contributed by atoms with Gasteiger partial charge in [-0.1, -0.05) is 6.07 Å². The first-order valence-electron chi connectivity index (χ1n) is 7.08. The summed E-state index contributed by atoms with van der Waals surface area (Å²) < 4.78 is 15.5. The molecule has 0 atom stereocenters. The lowest BCUT2D eigenvalue weighted by Gasteiger charge is -2.11. The van der Waals surface area contributed by atoms with Gasteiger partial charge in [0.2, 0.25) is 0 Å². The fraction of sp³-hybridized carbons (Fsp3) is 0.438. The van der Waals surface area contributed by atoms with E-state index in [1.165, 1.54) is 18.9 Å². The smallest absolute Gasteiger partial charge is 0.123 e. The highest BCUT2D eigenvalue weighted by Gasteiger charge is 2.21. The van der Waals surface area contributed by atoms with Crippen molar-refractivity contribution in [3.63, 3.8) is 0 Å². The van der Waals surface area contributed by atoms with Gasteiger partial charge in [0.25, 0.3) is 0 Å². The second-order valence-electron chi connectivity index (χ2n) is 5.63. The van der Waals surface area contributed by atoms with E-state index in [9.17, 15) is 4.39 Å². The van der Waals surface area contributed by atoms with E-state index in [2.05, 4.69) is 10.4 Å². The highest BCUT2D eigenvalue weighted by Crippen LogP contribution is 2.31. The molecular weight excluding hydrogens is 253 g/mol. The van der Waals surface area contributed by atoms with E-state index < -0.39 is 0 Å². The van der Waals surface area contributed by atoms with Crippen molar-refractivity contribution in [1.29, 1.82) is 0 Å². The van der Waals surface area contributed by atoms with Crippen LogP contribution in [-0.2, 0) is 13.6 Å². The van der Waals surface area contributed by atoms with E-state index in [0.717, 1.165) is 34.6 Å². The van der Waals surface area contributed by atoms with Crippen LogP contribution < -0.4 is 5.32 Å². The average molecular weight is 273 g/mol. The molecule has 1 aliphatic rings. The molecule has 0 radical (unpaired) electrons. The minimum atomic E-state index is -0.196. The van der Waals surface area contributed by atoms with Gasteiger partial charge in [-0.3, -0.25) is 4.68 Å². The first kappa shape index (κ1) is 13.3. The Morgan fingerprint density at radius 1 is 1.35 bits per heavy atom. The van der Waals surface area contributed by atoms with Gasteiger partial charge in [-0.2, -0.15) is 5.10 Å². The lowest BCUT2D eigenvalue weighted by atomic mass is 9.97. The van der Waals surface area contributed by atoms with Crippen LogP contribution in [0.25, 0.3) is 11.1 Å². The molecule has 0 spiro atoms. The zero-order chi connectivity index (χ0) is 14.3. The summed E-state index contributed by atoms with van der Waals surface area (Å²) in [5.41, 5.74) is 5.17. The van der Waals surface area contributed by atoms with Crippen LogP contribution in [0.15, 0.2) is 18.2 Å². The van der Waals surface area contributed by atoms with Crippen molar-refractivity contribution in [2.24, 2.45) is 7.05 Å². The van der Waals surface area contributed by atoms with Gasteiger partial charge in [-0.05, 0) is 49.9 Å². The second kappa shape index (κ2) is 5.02. The van der Waals surface area contributed by atoms with Gasteiger partial charge in [0.05, 0.1) is 5.69 Å². The normalized spacial score (nSPS) is 14.8. The molecule has 1 aliphatic carbocycles. The Hall–Kier alpha value is -1.68. The second-order valence-corrected chi connectivity index (χ2v) is 5.63. The van der Waals surface area contributed by atoms with Crippen molar-refractivity contribution >= 4 is 0 Å². The molecule has 1 heterocycles. The van der Waals surface area contributed by atoms with E-state index in [1.54, 1.807) is 6.07 Å². The van der Waals surface area contributed by atoms with Crippen LogP contribution in [0.2, 0.25) is 0 Å². The molecule has 0 saturated heterocycles. The molecule has 0 amide bonds. The predicted octanol–water partition coefficient (Wildman–Crippen LogP) is 3.10. The van der Waals surface area contributed by atoms with Crippen molar-refractivity contribution in [2.45, 2.75) is 39.3 Å². The third-order valence-electron chi connectivity index (χ3n) is 4.01. The Bertz CT molecular complexity index is 641. The van der Waals surface area contributed by atoms with Crippen LogP contribution in [0.3, 0.4) is 0 Å². The minimum Gasteiger partial charge on any atom is -0.310 e. The van der Waals surface area contributed by atoms with Crippen LogP contribution in [0, 0.1) is 19.7 Å². The fourth-order valence-corrected chi connectivity index (χ4v) is 2.64. The quantitative estimate of drug-likeness (QED) is 0.927. The van der Waals surface area contributed by atoms with E-state index in [-0.39, 0.29) is 5.82 Å². The summed E-state index contributed by atoms with van der Waals surface area (Å²) in [5, 5.41) is 7.94. The van der Waals surface area contributed by atoms with Gasteiger partial charge < -0.3 is 5.32 Å². The number of hydrogen-bond donors (Lipinski definition) is 1. The summed E-state index contributed by atoms with van der Waals surface area (Å²) in [6, 6.07) is 5.69. The maximum atomic E-state index is 13.7. The average Bonchev–Trinajstić information content (AvgIpc) is 3.17. The van der Waals surface area contributed by atoms with Crippen LogP contribution in [-0.4, -0.2) is 15.8 Å². The molecule has 0 aliphatic heterocycles. The molecule has 0 bridgehead atoms. The van der Waals surface area contributed by atoms with Crippen molar-refractivity contribution in [1.82, 2.24) is 15.1 Å². The number of nitrogens with one attached hydrogen (secondary N) is 1. The molecule has 3 rings (SSSR count). The van der Waals surface area contributed by atoms with Gasteiger partial charge in [-0.25, -0.2) is 4.39 Å². The summed E-state index contributed by atoms with van der Waals surface area (Å²) in [6.07, 6.45) is 2.50. The van der Waals surface area contributed by atoms with E-state index >= 15 is 0 Å². The molecule has 1 aromatic carbocycles. The molecule has 2 aromatic rings. The number of aryl methyl sites for hydroxylation is 2. The first-order valence-corrected chi connectivity index (χ1v) is 7.08. The lowest BCUT2D eigenvalue weighted by molar-refractivity contribution is 0.625. The Morgan fingerprint density at radius 2 is 2.10 bits per heavy atom. The van der Waals surface area contributed by atoms with Gasteiger partial charge in [-0.15, -0.1) is 0 Å². The molecule has 0 unspecified atom stereocenters. The molecule has 3 nitrogen and oxygen atoms in total. The van der Waals surface area contributed by atoms with E-state index in [0.29, 0.717) is 6.04 Å². The minimum absolute atomic E-state index is 0.196. The van der Waals surface area contributed by atoms with Crippen LogP contribution in [0.5, 0.6) is 0 Å². The van der Waals surface area contributed by atoms with Gasteiger partial charge in [0.15, 0.2) is 0 Å².